The van der Waals surface area contributed by atoms with Gasteiger partial charge < -0.3 is 15.4 Å². The molecule has 2 aromatic carbocycles. The van der Waals surface area contributed by atoms with Crippen molar-refractivity contribution in [2.75, 3.05) is 39.7 Å². The van der Waals surface area contributed by atoms with E-state index in [9.17, 15) is 9.18 Å². The molecular formula is C28H38ClFN4O2S. The lowest BCUT2D eigenvalue weighted by molar-refractivity contribution is -0.0208. The van der Waals surface area contributed by atoms with Gasteiger partial charge in [0.25, 0.3) is 0 Å². The van der Waals surface area contributed by atoms with Crippen molar-refractivity contribution in [1.29, 1.82) is 0 Å². The van der Waals surface area contributed by atoms with Crippen LogP contribution in [0.3, 0.4) is 0 Å². The number of aromatic nitrogens is 1. The first kappa shape index (κ1) is 32.5. The number of carbonyl (C=O) groups excluding carboxylic acids is 1. The average Bonchev–Trinajstić information content (AvgIpc) is 3.32. The quantitative estimate of drug-likeness (QED) is 0.223. The summed E-state index contributed by atoms with van der Waals surface area (Å²) in [5, 5.41) is 0.398. The maximum absolute atomic E-state index is 10.2. The zero-order chi connectivity index (χ0) is 27.6. The Bertz CT molecular complexity index is 1020. The number of pyridine rings is 1. The van der Waals surface area contributed by atoms with Gasteiger partial charge in [0.05, 0.1) is 37.1 Å². The summed E-state index contributed by atoms with van der Waals surface area (Å²) in [6.45, 7) is 8.69. The molecule has 3 heterocycles. The van der Waals surface area contributed by atoms with Crippen molar-refractivity contribution >= 4 is 36.4 Å². The first-order chi connectivity index (χ1) is 18.0. The number of benzene rings is 2. The molecule has 3 aromatic rings. The Labute approximate surface area is 231 Å². The average molecular weight is 549 g/mol. The topological polar surface area (TPSA) is 71.7 Å². The Hall–Kier alpha value is -2.49. The van der Waals surface area contributed by atoms with Crippen LogP contribution >= 0.6 is 24.4 Å². The third-order valence-corrected chi connectivity index (χ3v) is 5.87. The largest absolute Gasteiger partial charge is 0.399 e. The van der Waals surface area contributed by atoms with Gasteiger partial charge in [0.15, 0.2) is 6.29 Å². The van der Waals surface area contributed by atoms with Crippen molar-refractivity contribution in [1.82, 2.24) is 14.2 Å². The number of carbonyl (C=O) groups is 1. The first-order valence-corrected chi connectivity index (χ1v) is 12.8. The number of hydrogen-bond donors (Lipinski definition) is 2. The van der Waals surface area contributed by atoms with Crippen LogP contribution in [0.2, 0.25) is 5.02 Å². The standard InChI is InChI=1S/C11H15NO.C7H6ClNO.C7H8N2S.C2H6.CH3F/c1-12-7-8-13-11(9-12)10-5-3-2-4-6-10;8-7-3-6(9)2-1-5(7)4-10;10-9-4-6-2-1-3-8-7(6)5-9;2*1-2/h2-6,11H,7-9H2,1H3;1-4H,9H2;1-3,10H,4-5H2;1-2H3;1H3. The normalized spacial score (nSPS) is 16.1. The van der Waals surface area contributed by atoms with E-state index < -0.39 is 0 Å². The minimum absolute atomic E-state index is 0.264. The Balaban J connectivity index is 0.000000262. The second-order valence-corrected chi connectivity index (χ2v) is 8.84. The van der Waals surface area contributed by atoms with E-state index in [1.165, 1.54) is 11.1 Å². The molecule has 1 aromatic heterocycles. The van der Waals surface area contributed by atoms with Crippen molar-refractivity contribution in [3.63, 3.8) is 0 Å². The molecule has 0 radical (unpaired) electrons. The van der Waals surface area contributed by atoms with Crippen LogP contribution in [0.1, 0.15) is 47.1 Å². The van der Waals surface area contributed by atoms with Crippen LogP contribution in [-0.2, 0) is 17.8 Å². The fourth-order valence-electron chi connectivity index (χ4n) is 3.47. The smallest absolute Gasteiger partial charge is 0.151 e. The summed E-state index contributed by atoms with van der Waals surface area (Å²) in [7, 11) is 2.64. The molecule has 2 aliphatic heterocycles. The summed E-state index contributed by atoms with van der Waals surface area (Å²) in [5.41, 5.74) is 10.2. The highest BCUT2D eigenvalue weighted by Crippen LogP contribution is 2.21. The Morgan fingerprint density at radius 1 is 1.11 bits per heavy atom. The molecule has 6 nitrogen and oxygen atoms in total. The minimum atomic E-state index is 0.264. The van der Waals surface area contributed by atoms with Crippen LogP contribution in [0.15, 0.2) is 66.9 Å². The maximum atomic E-state index is 10.2. The van der Waals surface area contributed by atoms with E-state index in [4.69, 9.17) is 22.1 Å². The van der Waals surface area contributed by atoms with Crippen molar-refractivity contribution in [3.05, 3.63) is 94.3 Å². The van der Waals surface area contributed by atoms with Crippen LogP contribution in [0.4, 0.5) is 10.1 Å². The predicted octanol–water partition coefficient (Wildman–Crippen LogP) is 6.28. The second-order valence-electron chi connectivity index (χ2n) is 7.86. The molecule has 1 fully saturated rings. The molecule has 5 rings (SSSR count). The van der Waals surface area contributed by atoms with Crippen LogP contribution in [0, 0.1) is 0 Å². The number of aldehydes is 1. The van der Waals surface area contributed by atoms with Gasteiger partial charge in [-0.1, -0.05) is 74.7 Å². The monoisotopic (exact) mass is 548 g/mol. The van der Waals surface area contributed by atoms with E-state index in [0.29, 0.717) is 29.7 Å². The summed E-state index contributed by atoms with van der Waals surface area (Å²) in [6, 6.07) is 19.3. The van der Waals surface area contributed by atoms with Gasteiger partial charge in [0.2, 0.25) is 0 Å². The Morgan fingerprint density at radius 2 is 1.81 bits per heavy atom. The van der Waals surface area contributed by atoms with Crippen molar-refractivity contribution in [3.8, 4) is 0 Å². The van der Waals surface area contributed by atoms with Gasteiger partial charge in [0.1, 0.15) is 0 Å². The molecule has 0 saturated carbocycles. The van der Waals surface area contributed by atoms with Gasteiger partial charge in [-0.2, -0.15) is 0 Å². The number of nitrogens with two attached hydrogens (primary N) is 1. The lowest BCUT2D eigenvalue weighted by Crippen LogP contribution is -2.35. The number of likely N-dealkylation sites (N-methyl/N-ethyl adjacent to an activating group) is 1. The molecule has 0 spiro atoms. The highest BCUT2D eigenvalue weighted by molar-refractivity contribution is 7.77. The molecule has 37 heavy (non-hydrogen) atoms. The van der Waals surface area contributed by atoms with E-state index in [2.05, 4.69) is 60.1 Å². The molecule has 2 aliphatic rings. The van der Waals surface area contributed by atoms with Crippen molar-refractivity contribution in [2.45, 2.75) is 33.0 Å². The third kappa shape index (κ3) is 11.6. The number of halogens is 2. The summed E-state index contributed by atoms with van der Waals surface area (Å²) < 4.78 is 17.1. The Kier molecular flexibility index (Phi) is 16.5. The molecule has 1 saturated heterocycles. The summed E-state index contributed by atoms with van der Waals surface area (Å²) >= 11 is 9.85. The van der Waals surface area contributed by atoms with Crippen LogP contribution < -0.4 is 5.73 Å². The van der Waals surface area contributed by atoms with Gasteiger partial charge >= 0.3 is 0 Å². The number of fused-ring (bicyclic) bond motifs is 1. The molecule has 0 amide bonds. The molecule has 1 unspecified atom stereocenters. The fraction of sp³-hybridized carbons (Fsp3) is 0.357. The number of nitrogens with zero attached hydrogens (tertiary/aromatic N) is 3. The van der Waals surface area contributed by atoms with Gasteiger partial charge in [-0.3, -0.25) is 14.2 Å². The summed E-state index contributed by atoms with van der Waals surface area (Å²) in [4.78, 5) is 16.7. The number of anilines is 1. The number of thiol groups is 1. The second kappa shape index (κ2) is 18.7. The summed E-state index contributed by atoms with van der Waals surface area (Å²) in [5.74, 6) is 0. The minimum Gasteiger partial charge on any atom is -0.399 e. The van der Waals surface area contributed by atoms with Gasteiger partial charge in [-0.05, 0) is 42.4 Å². The van der Waals surface area contributed by atoms with Crippen LogP contribution in [0.25, 0.3) is 0 Å². The highest BCUT2D eigenvalue weighted by atomic mass is 35.5. The lowest BCUT2D eigenvalue weighted by Gasteiger charge is -2.30. The van der Waals surface area contributed by atoms with E-state index >= 15 is 0 Å². The molecule has 202 valence electrons. The number of hydrogen-bond acceptors (Lipinski definition) is 7. The van der Waals surface area contributed by atoms with E-state index in [0.717, 1.165) is 38.5 Å². The van der Waals surface area contributed by atoms with E-state index in [1.54, 1.807) is 18.2 Å². The number of nitrogen functional groups attached to an aromatic ring is 1. The molecule has 0 bridgehead atoms. The zero-order valence-electron chi connectivity index (χ0n) is 22.0. The van der Waals surface area contributed by atoms with Crippen LogP contribution in [-0.4, -0.2) is 54.4 Å². The fourth-order valence-corrected chi connectivity index (χ4v) is 3.99. The number of ether oxygens (including phenoxy) is 1. The first-order valence-electron chi connectivity index (χ1n) is 12.1. The van der Waals surface area contributed by atoms with Crippen molar-refractivity contribution < 1.29 is 13.9 Å². The maximum Gasteiger partial charge on any atom is 0.151 e. The van der Waals surface area contributed by atoms with E-state index in [1.807, 2.05) is 36.5 Å². The zero-order valence-corrected chi connectivity index (χ0v) is 23.6. The van der Waals surface area contributed by atoms with Gasteiger partial charge in [-0.15, -0.1) is 0 Å². The van der Waals surface area contributed by atoms with Crippen LogP contribution in [0.5, 0.6) is 0 Å². The number of rotatable bonds is 2. The molecule has 1 atom stereocenters. The summed E-state index contributed by atoms with van der Waals surface area (Å²) in [6.07, 6.45) is 2.79. The Morgan fingerprint density at radius 3 is 2.41 bits per heavy atom. The van der Waals surface area contributed by atoms with Gasteiger partial charge in [-0.25, -0.2) is 4.31 Å². The van der Waals surface area contributed by atoms with Gasteiger partial charge in [0, 0.05) is 37.1 Å². The van der Waals surface area contributed by atoms with E-state index in [-0.39, 0.29) is 6.10 Å². The number of morpholine rings is 1. The molecule has 9 heteroatoms. The molecule has 2 N–H and O–H groups in total. The van der Waals surface area contributed by atoms with Crippen molar-refractivity contribution in [2.24, 2.45) is 0 Å². The molecular weight excluding hydrogens is 511 g/mol. The third-order valence-electron chi connectivity index (χ3n) is 5.26. The SMILES string of the molecule is CC.CF.CN1CCOC(c2ccccc2)C1.Nc1ccc(C=O)c(Cl)c1.SN1Cc2cccnc2C1. The highest BCUT2D eigenvalue weighted by Gasteiger charge is 2.18. The predicted molar refractivity (Wildman–Crippen MR) is 155 cm³/mol. The number of alkyl halides is 1. The lowest BCUT2D eigenvalue weighted by atomic mass is 10.1. The molecule has 0 aliphatic carbocycles.